The Labute approximate surface area is 157 Å². The maximum atomic E-state index is 12.5. The van der Waals surface area contributed by atoms with Gasteiger partial charge in [-0.3, -0.25) is 4.79 Å². The second kappa shape index (κ2) is 8.24. The van der Waals surface area contributed by atoms with Crippen molar-refractivity contribution in [1.82, 2.24) is 5.32 Å². The van der Waals surface area contributed by atoms with Crippen molar-refractivity contribution < 1.29 is 24.0 Å². The molecule has 0 saturated carbocycles. The van der Waals surface area contributed by atoms with Crippen molar-refractivity contribution in [2.24, 2.45) is 5.73 Å². The highest BCUT2D eigenvalue weighted by molar-refractivity contribution is 6.47. The number of fused-ring (bicyclic) bond motifs is 1. The van der Waals surface area contributed by atoms with Crippen LogP contribution in [-0.4, -0.2) is 36.6 Å². The van der Waals surface area contributed by atoms with Gasteiger partial charge in [0, 0.05) is 12.1 Å². The van der Waals surface area contributed by atoms with E-state index in [0.29, 0.717) is 29.8 Å². The minimum Gasteiger partial charge on any atom is -0.534 e. The third-order valence-electron chi connectivity index (χ3n) is 4.36. The van der Waals surface area contributed by atoms with E-state index in [-0.39, 0.29) is 18.1 Å². The molecule has 140 valence electrons. The van der Waals surface area contributed by atoms with Crippen molar-refractivity contribution in [1.29, 1.82) is 0 Å². The predicted molar refractivity (Wildman–Crippen MR) is 100 cm³/mol. The Morgan fingerprint density at radius 2 is 2.11 bits per heavy atom. The summed E-state index contributed by atoms with van der Waals surface area (Å²) in [5.74, 6) is -1.20. The lowest BCUT2D eigenvalue weighted by Crippen LogP contribution is -2.53. The summed E-state index contributed by atoms with van der Waals surface area (Å²) >= 11 is 0. The number of para-hydroxylation sites is 1. The lowest BCUT2D eigenvalue weighted by Gasteiger charge is -2.29. The van der Waals surface area contributed by atoms with Gasteiger partial charge >= 0.3 is 13.1 Å². The molecule has 2 aromatic rings. The van der Waals surface area contributed by atoms with Crippen LogP contribution >= 0.6 is 0 Å². The van der Waals surface area contributed by atoms with Crippen LogP contribution in [-0.2, 0) is 17.7 Å². The monoisotopic (exact) mass is 368 g/mol. The van der Waals surface area contributed by atoms with Crippen LogP contribution in [0.2, 0.25) is 0 Å². The number of rotatable bonds is 5. The molecule has 0 unspecified atom stereocenters. The number of nitrogens with one attached hydrogen (secondary N) is 1. The molecule has 1 atom stereocenters. The first-order valence-corrected chi connectivity index (χ1v) is 8.77. The third-order valence-corrected chi connectivity index (χ3v) is 4.36. The molecule has 1 aliphatic heterocycles. The van der Waals surface area contributed by atoms with E-state index < -0.39 is 19.0 Å². The van der Waals surface area contributed by atoms with Crippen molar-refractivity contribution in [3.05, 3.63) is 64.7 Å². The average Bonchev–Trinajstić information content (AvgIpc) is 2.68. The quantitative estimate of drug-likeness (QED) is 0.538. The van der Waals surface area contributed by atoms with E-state index in [9.17, 15) is 14.6 Å². The molecular weight excluding hydrogens is 347 g/mol. The Morgan fingerprint density at radius 1 is 1.33 bits per heavy atom. The van der Waals surface area contributed by atoms with Gasteiger partial charge in [-0.2, -0.15) is 0 Å². The number of amides is 1. The number of nitrogens with two attached hydrogens (primary N) is 1. The molecule has 0 radical (unpaired) electrons. The average molecular weight is 368 g/mol. The number of benzene rings is 2. The van der Waals surface area contributed by atoms with Gasteiger partial charge in [0.1, 0.15) is 11.3 Å². The van der Waals surface area contributed by atoms with Gasteiger partial charge in [0.15, 0.2) is 0 Å². The number of carbonyl (C=O) groups is 2. The van der Waals surface area contributed by atoms with E-state index in [1.54, 1.807) is 43.3 Å². The molecule has 1 aliphatic rings. The summed E-state index contributed by atoms with van der Waals surface area (Å²) in [6.45, 7) is 2.29. The summed E-state index contributed by atoms with van der Waals surface area (Å²) in [6, 6.07) is 12.1. The second-order valence-electron chi connectivity index (χ2n) is 6.21. The minimum atomic E-state index is -1.28. The Kier molecular flexibility index (Phi) is 5.78. The molecule has 0 fully saturated rings. The molecule has 3 rings (SSSR count). The summed E-state index contributed by atoms with van der Waals surface area (Å²) in [6.07, 6.45) is 0.325. The number of hydrogen-bond donors (Lipinski definition) is 3. The fourth-order valence-electron chi connectivity index (χ4n) is 3.01. The summed E-state index contributed by atoms with van der Waals surface area (Å²) in [5.41, 5.74) is 7.88. The summed E-state index contributed by atoms with van der Waals surface area (Å²) in [5, 5.41) is 13.1. The molecule has 7 nitrogen and oxygen atoms in total. The van der Waals surface area contributed by atoms with Gasteiger partial charge in [0.2, 0.25) is 0 Å². The largest absolute Gasteiger partial charge is 0.547 e. The van der Waals surface area contributed by atoms with Crippen molar-refractivity contribution in [2.75, 3.05) is 6.61 Å². The minimum absolute atomic E-state index is 0.242. The van der Waals surface area contributed by atoms with Crippen LogP contribution in [0.25, 0.3) is 0 Å². The van der Waals surface area contributed by atoms with E-state index in [2.05, 4.69) is 5.32 Å². The van der Waals surface area contributed by atoms with Gasteiger partial charge in [-0.15, -0.1) is 0 Å². The number of ether oxygens (including phenoxy) is 1. The maximum Gasteiger partial charge on any atom is 0.547 e. The van der Waals surface area contributed by atoms with Crippen LogP contribution in [0, 0.1) is 0 Å². The molecule has 0 bridgehead atoms. The smallest absolute Gasteiger partial charge is 0.534 e. The van der Waals surface area contributed by atoms with E-state index in [1.165, 1.54) is 0 Å². The Hall–Kier alpha value is -2.84. The molecule has 0 spiro atoms. The lowest BCUT2D eigenvalue weighted by atomic mass is 9.72. The van der Waals surface area contributed by atoms with E-state index in [4.69, 9.17) is 15.1 Å². The van der Waals surface area contributed by atoms with E-state index in [0.717, 1.165) is 5.56 Å². The summed E-state index contributed by atoms with van der Waals surface area (Å²) in [7, 11) is -1.28. The molecule has 0 aliphatic carbocycles. The van der Waals surface area contributed by atoms with Crippen LogP contribution in [0.1, 0.15) is 38.8 Å². The van der Waals surface area contributed by atoms with Crippen LogP contribution < -0.4 is 15.7 Å². The van der Waals surface area contributed by atoms with Crippen molar-refractivity contribution >= 4 is 19.0 Å². The van der Waals surface area contributed by atoms with Crippen LogP contribution in [0.5, 0.6) is 5.75 Å². The first-order valence-electron chi connectivity index (χ1n) is 8.77. The standard InChI is InChI=1S/C19H21BN2O5/c1-2-26-19(24)15-8-4-6-13-10-16(20(25)27-17(13)15)22-18(23)14-7-3-5-12(9-14)11-21/h3-9,16,25H,2,10-11,21H2,1H3,(H,22,23)/t16-/m0/s1. The highest BCUT2D eigenvalue weighted by Crippen LogP contribution is 2.30. The van der Waals surface area contributed by atoms with Crippen molar-refractivity contribution in [3.63, 3.8) is 0 Å². The highest BCUT2D eigenvalue weighted by atomic mass is 16.5. The van der Waals surface area contributed by atoms with Gasteiger partial charge in [-0.1, -0.05) is 24.3 Å². The molecule has 1 heterocycles. The normalized spacial score (nSPS) is 15.5. The van der Waals surface area contributed by atoms with Gasteiger partial charge in [-0.05, 0) is 42.7 Å². The number of hydrogen-bond acceptors (Lipinski definition) is 6. The van der Waals surface area contributed by atoms with Crippen LogP contribution in [0.15, 0.2) is 42.5 Å². The zero-order valence-corrected chi connectivity index (χ0v) is 15.0. The summed E-state index contributed by atoms with van der Waals surface area (Å²) in [4.78, 5) is 24.6. The van der Waals surface area contributed by atoms with Gasteiger partial charge in [0.05, 0.1) is 12.5 Å². The SMILES string of the molecule is CCOC(=O)c1cccc2c1OB(O)[C@@H](NC(=O)c1cccc(CN)c1)C2. The highest BCUT2D eigenvalue weighted by Gasteiger charge is 2.38. The second-order valence-corrected chi connectivity index (χ2v) is 6.21. The molecule has 8 heteroatoms. The number of esters is 1. The predicted octanol–water partition coefficient (Wildman–Crippen LogP) is 1.08. The fraction of sp³-hybridized carbons (Fsp3) is 0.263. The zero-order valence-electron chi connectivity index (χ0n) is 15.0. The fourth-order valence-corrected chi connectivity index (χ4v) is 3.01. The molecule has 1 amide bonds. The van der Waals surface area contributed by atoms with Crippen LogP contribution in [0.3, 0.4) is 0 Å². The zero-order chi connectivity index (χ0) is 19.4. The Balaban J connectivity index is 1.78. The summed E-state index contributed by atoms with van der Waals surface area (Å²) < 4.78 is 10.6. The molecular formula is C19H21BN2O5. The van der Waals surface area contributed by atoms with E-state index >= 15 is 0 Å². The molecule has 0 aromatic heterocycles. The maximum absolute atomic E-state index is 12.5. The lowest BCUT2D eigenvalue weighted by molar-refractivity contribution is 0.0523. The first-order chi connectivity index (χ1) is 13.0. The number of carbonyl (C=O) groups excluding carboxylic acids is 2. The Bertz CT molecular complexity index is 858. The molecule has 27 heavy (non-hydrogen) atoms. The molecule has 0 saturated heterocycles. The van der Waals surface area contributed by atoms with Gasteiger partial charge in [-0.25, -0.2) is 4.79 Å². The van der Waals surface area contributed by atoms with E-state index in [1.807, 2.05) is 6.07 Å². The van der Waals surface area contributed by atoms with Gasteiger partial charge in [0.25, 0.3) is 5.91 Å². The van der Waals surface area contributed by atoms with Crippen molar-refractivity contribution in [3.8, 4) is 5.75 Å². The van der Waals surface area contributed by atoms with Crippen LogP contribution in [0.4, 0.5) is 0 Å². The topological polar surface area (TPSA) is 111 Å². The van der Waals surface area contributed by atoms with Crippen molar-refractivity contribution in [2.45, 2.75) is 25.8 Å². The molecule has 2 aromatic carbocycles. The Morgan fingerprint density at radius 3 is 2.85 bits per heavy atom. The third kappa shape index (κ3) is 4.12. The van der Waals surface area contributed by atoms with Gasteiger partial charge < -0.3 is 25.5 Å². The molecule has 4 N–H and O–H groups in total. The first kappa shape index (κ1) is 18.9.